The number of morpholine rings is 1. The minimum absolute atomic E-state index is 0.0391. The van der Waals surface area contributed by atoms with Crippen LogP contribution in [0.1, 0.15) is 55.1 Å². The highest BCUT2D eigenvalue weighted by Crippen LogP contribution is 2.43. The lowest BCUT2D eigenvalue weighted by atomic mass is 9.83. The Balaban J connectivity index is 1.38. The summed E-state index contributed by atoms with van der Waals surface area (Å²) in [5.41, 5.74) is 2.83. The maximum Gasteiger partial charge on any atom is 0.410 e. The number of fused-ring (bicyclic) bond motifs is 1. The molecule has 1 spiro atoms. The van der Waals surface area contributed by atoms with Crippen molar-refractivity contribution in [2.45, 2.75) is 44.8 Å². The van der Waals surface area contributed by atoms with E-state index >= 15 is 0 Å². The van der Waals surface area contributed by atoms with Gasteiger partial charge in [0, 0.05) is 50.1 Å². The second-order valence-corrected chi connectivity index (χ2v) is 10.7. The molecule has 2 aromatic rings. The molecule has 7 nitrogen and oxygen atoms in total. The van der Waals surface area contributed by atoms with E-state index < -0.39 is 11.2 Å². The minimum atomic E-state index is -0.519. The first-order valence-corrected chi connectivity index (χ1v) is 12.7. The molecular formula is C29H34N2O5. The summed E-state index contributed by atoms with van der Waals surface area (Å²) in [6.07, 6.45) is 3.29. The van der Waals surface area contributed by atoms with Crippen molar-refractivity contribution in [3.05, 3.63) is 71.3 Å². The number of carbonyl (C=O) groups is 2. The summed E-state index contributed by atoms with van der Waals surface area (Å²) in [5.74, 6) is 0.881. The van der Waals surface area contributed by atoms with Crippen LogP contribution in [0.2, 0.25) is 0 Å². The molecule has 3 heterocycles. The Labute approximate surface area is 212 Å². The van der Waals surface area contributed by atoms with Crippen LogP contribution in [-0.2, 0) is 9.47 Å². The van der Waals surface area contributed by atoms with Crippen LogP contribution in [0.4, 0.5) is 4.79 Å². The van der Waals surface area contributed by atoms with Gasteiger partial charge in [-0.25, -0.2) is 4.79 Å². The smallest absolute Gasteiger partial charge is 0.410 e. The van der Waals surface area contributed by atoms with Crippen LogP contribution in [-0.4, -0.2) is 72.4 Å². The summed E-state index contributed by atoms with van der Waals surface area (Å²) in [6, 6.07) is 15.9. The molecule has 2 amide bonds. The molecule has 36 heavy (non-hydrogen) atoms. The van der Waals surface area contributed by atoms with Gasteiger partial charge in [-0.05, 0) is 56.2 Å². The topological polar surface area (TPSA) is 68.3 Å². The first kappa shape index (κ1) is 24.4. The third-order valence-corrected chi connectivity index (χ3v) is 6.90. The van der Waals surface area contributed by atoms with E-state index in [9.17, 15) is 9.59 Å². The van der Waals surface area contributed by atoms with Crippen molar-refractivity contribution in [1.82, 2.24) is 9.80 Å². The molecule has 7 heteroatoms. The molecule has 190 valence electrons. The molecule has 2 saturated heterocycles. The molecule has 2 aromatic carbocycles. The van der Waals surface area contributed by atoms with E-state index in [0.717, 1.165) is 22.4 Å². The summed E-state index contributed by atoms with van der Waals surface area (Å²) < 4.78 is 17.5. The van der Waals surface area contributed by atoms with Crippen LogP contribution in [0, 0.1) is 0 Å². The number of amides is 2. The number of hydrogen-bond acceptors (Lipinski definition) is 5. The fraction of sp³-hybridized carbons (Fsp3) is 0.448. The van der Waals surface area contributed by atoms with E-state index in [1.807, 2.05) is 68.1 Å². The molecule has 0 N–H and O–H groups in total. The molecule has 0 radical (unpaired) electrons. The first-order valence-electron chi connectivity index (χ1n) is 12.7. The highest BCUT2D eigenvalue weighted by Gasteiger charge is 2.40. The number of likely N-dealkylation sites (tertiary alicyclic amines) is 1. The van der Waals surface area contributed by atoms with E-state index in [-0.39, 0.29) is 12.0 Å². The zero-order valence-electron chi connectivity index (χ0n) is 21.3. The summed E-state index contributed by atoms with van der Waals surface area (Å²) in [5, 5.41) is 0. The maximum atomic E-state index is 12.9. The maximum absolute atomic E-state index is 12.9. The van der Waals surface area contributed by atoms with Gasteiger partial charge in [0.1, 0.15) is 17.0 Å². The minimum Gasteiger partial charge on any atom is -0.482 e. The van der Waals surface area contributed by atoms with E-state index in [1.54, 1.807) is 4.90 Å². The Hall–Kier alpha value is -3.32. The number of piperidine rings is 1. The van der Waals surface area contributed by atoms with E-state index in [0.29, 0.717) is 57.8 Å². The second-order valence-electron chi connectivity index (χ2n) is 10.7. The molecule has 0 saturated carbocycles. The molecule has 3 aliphatic rings. The summed E-state index contributed by atoms with van der Waals surface area (Å²) in [4.78, 5) is 29.1. The molecule has 3 aliphatic heterocycles. The van der Waals surface area contributed by atoms with E-state index in [2.05, 4.69) is 12.1 Å². The van der Waals surface area contributed by atoms with Gasteiger partial charge in [-0.15, -0.1) is 0 Å². The predicted molar refractivity (Wildman–Crippen MR) is 137 cm³/mol. The zero-order valence-corrected chi connectivity index (χ0v) is 21.3. The van der Waals surface area contributed by atoms with Crippen LogP contribution in [0.25, 0.3) is 5.57 Å². The first-order chi connectivity index (χ1) is 17.2. The summed E-state index contributed by atoms with van der Waals surface area (Å²) in [7, 11) is 0. The number of para-hydroxylation sites is 1. The third-order valence-electron chi connectivity index (χ3n) is 6.90. The molecule has 0 unspecified atom stereocenters. The van der Waals surface area contributed by atoms with Gasteiger partial charge in [0.05, 0.1) is 13.2 Å². The van der Waals surface area contributed by atoms with Crippen molar-refractivity contribution in [2.75, 3.05) is 39.4 Å². The standard InChI is InChI=1S/C29H34N2O5/c1-28(2,3)36-27(33)31-14-12-29(13-15-31)20-24(23-6-4-5-7-25(23)35-29)21-8-10-22(11-9-21)26(32)30-16-18-34-19-17-30/h4-11,20H,12-19H2,1-3H3. The van der Waals surface area contributed by atoms with Crippen molar-refractivity contribution < 1.29 is 23.8 Å². The van der Waals surface area contributed by atoms with Gasteiger partial charge in [-0.3, -0.25) is 4.79 Å². The van der Waals surface area contributed by atoms with Crippen LogP contribution in [0.15, 0.2) is 54.6 Å². The SMILES string of the molecule is CC(C)(C)OC(=O)N1CCC2(C=C(c3ccc(C(=O)N4CCOCC4)cc3)c3ccccc3O2)CC1. The molecular weight excluding hydrogens is 456 g/mol. The molecule has 0 bridgehead atoms. The number of ether oxygens (including phenoxy) is 3. The van der Waals surface area contributed by atoms with E-state index in [1.165, 1.54) is 0 Å². The average Bonchev–Trinajstić information content (AvgIpc) is 2.88. The van der Waals surface area contributed by atoms with Crippen molar-refractivity contribution in [2.24, 2.45) is 0 Å². The van der Waals surface area contributed by atoms with Gasteiger partial charge >= 0.3 is 6.09 Å². The number of nitrogens with zero attached hydrogens (tertiary/aromatic N) is 2. The van der Waals surface area contributed by atoms with Gasteiger partial charge < -0.3 is 24.0 Å². The molecule has 2 fully saturated rings. The highest BCUT2D eigenvalue weighted by molar-refractivity contribution is 5.95. The zero-order chi connectivity index (χ0) is 25.3. The van der Waals surface area contributed by atoms with Crippen molar-refractivity contribution in [3.63, 3.8) is 0 Å². The fourth-order valence-corrected chi connectivity index (χ4v) is 4.99. The lowest BCUT2D eigenvalue weighted by Gasteiger charge is -2.43. The number of carbonyl (C=O) groups excluding carboxylic acids is 2. The van der Waals surface area contributed by atoms with Gasteiger partial charge in [0.25, 0.3) is 5.91 Å². The van der Waals surface area contributed by atoms with Crippen molar-refractivity contribution >= 4 is 17.6 Å². The molecule has 0 atom stereocenters. The van der Waals surface area contributed by atoms with Crippen LogP contribution in [0.3, 0.4) is 0 Å². The summed E-state index contributed by atoms with van der Waals surface area (Å²) >= 11 is 0. The Morgan fingerprint density at radius 3 is 2.22 bits per heavy atom. The van der Waals surface area contributed by atoms with Gasteiger partial charge in [0.2, 0.25) is 0 Å². The van der Waals surface area contributed by atoms with Crippen LogP contribution < -0.4 is 4.74 Å². The van der Waals surface area contributed by atoms with Crippen LogP contribution >= 0.6 is 0 Å². The van der Waals surface area contributed by atoms with Gasteiger partial charge in [-0.2, -0.15) is 0 Å². The van der Waals surface area contributed by atoms with E-state index in [4.69, 9.17) is 14.2 Å². The van der Waals surface area contributed by atoms with Gasteiger partial charge in [0.15, 0.2) is 0 Å². The Bertz CT molecular complexity index is 1150. The monoisotopic (exact) mass is 490 g/mol. The highest BCUT2D eigenvalue weighted by atomic mass is 16.6. The Morgan fingerprint density at radius 1 is 0.889 bits per heavy atom. The normalized spacial score (nSPS) is 19.2. The third kappa shape index (κ3) is 5.12. The van der Waals surface area contributed by atoms with Crippen molar-refractivity contribution in [1.29, 1.82) is 0 Å². The lowest BCUT2D eigenvalue weighted by molar-refractivity contribution is -0.00117. The van der Waals surface area contributed by atoms with Crippen molar-refractivity contribution in [3.8, 4) is 5.75 Å². The largest absolute Gasteiger partial charge is 0.482 e. The average molecular weight is 491 g/mol. The second kappa shape index (κ2) is 9.62. The number of hydrogen-bond donors (Lipinski definition) is 0. The molecule has 5 rings (SSSR count). The quantitative estimate of drug-likeness (QED) is 0.608. The Kier molecular flexibility index (Phi) is 6.51. The molecule has 0 aliphatic carbocycles. The van der Waals surface area contributed by atoms with Crippen LogP contribution in [0.5, 0.6) is 5.75 Å². The fourth-order valence-electron chi connectivity index (χ4n) is 4.99. The number of benzene rings is 2. The van der Waals surface area contributed by atoms with Gasteiger partial charge in [-0.1, -0.05) is 30.3 Å². The lowest BCUT2D eigenvalue weighted by Crippen LogP contribution is -2.50. The Morgan fingerprint density at radius 2 is 1.56 bits per heavy atom. The summed E-state index contributed by atoms with van der Waals surface area (Å²) in [6.45, 7) is 9.19. The number of rotatable bonds is 2. The molecule has 0 aromatic heterocycles. The predicted octanol–water partition coefficient (Wildman–Crippen LogP) is 4.75.